The maximum absolute atomic E-state index is 5.51. The van der Waals surface area contributed by atoms with Gasteiger partial charge in [0.1, 0.15) is 12.4 Å². The van der Waals surface area contributed by atoms with E-state index in [2.05, 4.69) is 6.58 Å². The van der Waals surface area contributed by atoms with Gasteiger partial charge in [0, 0.05) is 6.54 Å². The molecule has 13 heavy (non-hydrogen) atoms. The van der Waals surface area contributed by atoms with Crippen molar-refractivity contribution >= 4 is 0 Å². The Morgan fingerprint density at radius 2 is 2.15 bits per heavy atom. The lowest BCUT2D eigenvalue weighted by Gasteiger charge is -2.08. The highest BCUT2D eigenvalue weighted by Crippen LogP contribution is 2.16. The summed E-state index contributed by atoms with van der Waals surface area (Å²) < 4.78 is 5.51. The average molecular weight is 177 g/mol. The van der Waals surface area contributed by atoms with Gasteiger partial charge in [-0.3, -0.25) is 0 Å². The van der Waals surface area contributed by atoms with Crippen LogP contribution in [0.4, 0.5) is 0 Å². The van der Waals surface area contributed by atoms with E-state index in [9.17, 15) is 0 Å². The molecule has 0 unspecified atom stereocenters. The van der Waals surface area contributed by atoms with Crippen LogP contribution >= 0.6 is 0 Å². The van der Waals surface area contributed by atoms with Gasteiger partial charge in [-0.05, 0) is 24.1 Å². The molecular weight excluding hydrogens is 162 g/mol. The van der Waals surface area contributed by atoms with E-state index < -0.39 is 0 Å². The Labute approximate surface area is 79.0 Å². The van der Waals surface area contributed by atoms with Gasteiger partial charge in [0.25, 0.3) is 0 Å². The SMILES string of the molecule is C=C(CN)COc1ccccc1C. The van der Waals surface area contributed by atoms with Crippen LogP contribution in [-0.4, -0.2) is 13.2 Å². The Hall–Kier alpha value is -1.28. The lowest BCUT2D eigenvalue weighted by molar-refractivity contribution is 0.348. The number of nitrogens with two attached hydrogens (primary N) is 1. The van der Waals surface area contributed by atoms with Gasteiger partial charge in [0.05, 0.1) is 0 Å². The molecule has 0 radical (unpaired) electrons. The molecule has 0 saturated carbocycles. The summed E-state index contributed by atoms with van der Waals surface area (Å²) in [5, 5.41) is 0. The molecule has 2 nitrogen and oxygen atoms in total. The number of para-hydroxylation sites is 1. The molecule has 0 atom stereocenters. The summed E-state index contributed by atoms with van der Waals surface area (Å²) in [6.07, 6.45) is 0. The minimum Gasteiger partial charge on any atom is -0.489 e. The van der Waals surface area contributed by atoms with Gasteiger partial charge in [-0.15, -0.1) is 0 Å². The molecular formula is C11H15NO. The molecule has 0 aromatic heterocycles. The van der Waals surface area contributed by atoms with Gasteiger partial charge < -0.3 is 10.5 Å². The fourth-order valence-electron chi connectivity index (χ4n) is 0.957. The monoisotopic (exact) mass is 177 g/mol. The smallest absolute Gasteiger partial charge is 0.122 e. The molecule has 0 fully saturated rings. The molecule has 1 aromatic carbocycles. The summed E-state index contributed by atoms with van der Waals surface area (Å²) >= 11 is 0. The largest absolute Gasteiger partial charge is 0.489 e. The highest BCUT2D eigenvalue weighted by atomic mass is 16.5. The van der Waals surface area contributed by atoms with Gasteiger partial charge in [0.2, 0.25) is 0 Å². The van der Waals surface area contributed by atoms with E-state index in [0.717, 1.165) is 16.9 Å². The second kappa shape index (κ2) is 4.67. The number of hydrogen-bond acceptors (Lipinski definition) is 2. The maximum atomic E-state index is 5.51. The van der Waals surface area contributed by atoms with Crippen LogP contribution in [0.3, 0.4) is 0 Å². The first kappa shape index (κ1) is 9.81. The van der Waals surface area contributed by atoms with Crippen molar-refractivity contribution in [3.63, 3.8) is 0 Å². The highest BCUT2D eigenvalue weighted by molar-refractivity contribution is 5.32. The Morgan fingerprint density at radius 3 is 2.77 bits per heavy atom. The minimum atomic E-state index is 0.478. The summed E-state index contributed by atoms with van der Waals surface area (Å²) in [4.78, 5) is 0. The number of benzene rings is 1. The fraction of sp³-hybridized carbons (Fsp3) is 0.273. The molecule has 0 heterocycles. The van der Waals surface area contributed by atoms with Crippen LogP contribution < -0.4 is 10.5 Å². The normalized spacial score (nSPS) is 9.69. The quantitative estimate of drug-likeness (QED) is 0.713. The molecule has 1 aromatic rings. The Bertz CT molecular complexity index is 294. The van der Waals surface area contributed by atoms with Crippen molar-refractivity contribution in [2.24, 2.45) is 5.73 Å². The lowest BCUT2D eigenvalue weighted by Crippen LogP contribution is -2.10. The number of ether oxygens (including phenoxy) is 1. The van der Waals surface area contributed by atoms with Crippen molar-refractivity contribution in [1.82, 2.24) is 0 Å². The van der Waals surface area contributed by atoms with Crippen molar-refractivity contribution < 1.29 is 4.74 Å². The molecule has 0 spiro atoms. The van der Waals surface area contributed by atoms with Crippen LogP contribution in [0.25, 0.3) is 0 Å². The third-order valence-electron chi connectivity index (χ3n) is 1.81. The van der Waals surface area contributed by atoms with Crippen LogP contribution in [0, 0.1) is 6.92 Å². The third kappa shape index (κ3) is 2.92. The first-order valence-corrected chi connectivity index (χ1v) is 4.29. The van der Waals surface area contributed by atoms with Gasteiger partial charge in [-0.25, -0.2) is 0 Å². The zero-order valence-corrected chi connectivity index (χ0v) is 7.92. The second-order valence-corrected chi connectivity index (χ2v) is 3.01. The Kier molecular flexibility index (Phi) is 3.53. The number of hydrogen-bond donors (Lipinski definition) is 1. The third-order valence-corrected chi connectivity index (χ3v) is 1.81. The fourth-order valence-corrected chi connectivity index (χ4v) is 0.957. The Balaban J connectivity index is 2.54. The molecule has 70 valence electrons. The van der Waals surface area contributed by atoms with Crippen LogP contribution in [0.15, 0.2) is 36.4 Å². The zero-order chi connectivity index (χ0) is 9.68. The van der Waals surface area contributed by atoms with Crippen molar-refractivity contribution in [3.05, 3.63) is 42.0 Å². The Morgan fingerprint density at radius 1 is 1.46 bits per heavy atom. The predicted molar refractivity (Wildman–Crippen MR) is 54.9 cm³/mol. The number of aryl methyl sites for hydroxylation is 1. The summed E-state index contributed by atoms with van der Waals surface area (Å²) in [5.74, 6) is 0.900. The minimum absolute atomic E-state index is 0.478. The topological polar surface area (TPSA) is 35.2 Å². The summed E-state index contributed by atoms with van der Waals surface area (Å²) in [6, 6.07) is 7.90. The van der Waals surface area contributed by atoms with E-state index in [4.69, 9.17) is 10.5 Å². The van der Waals surface area contributed by atoms with Gasteiger partial charge in [0.15, 0.2) is 0 Å². The molecule has 0 amide bonds. The van der Waals surface area contributed by atoms with Crippen molar-refractivity contribution in [2.45, 2.75) is 6.92 Å². The molecule has 0 aliphatic carbocycles. The van der Waals surface area contributed by atoms with E-state index in [1.807, 2.05) is 31.2 Å². The molecule has 0 aliphatic rings. The molecule has 2 N–H and O–H groups in total. The molecule has 0 saturated heterocycles. The van der Waals surface area contributed by atoms with Crippen LogP contribution in [0.1, 0.15) is 5.56 Å². The first-order chi connectivity index (χ1) is 6.24. The van der Waals surface area contributed by atoms with Crippen LogP contribution in [0.5, 0.6) is 5.75 Å². The maximum Gasteiger partial charge on any atom is 0.122 e. The molecule has 0 aliphatic heterocycles. The summed E-state index contributed by atoms with van der Waals surface area (Å²) in [5.41, 5.74) is 7.43. The number of rotatable bonds is 4. The summed E-state index contributed by atoms with van der Waals surface area (Å²) in [6.45, 7) is 6.76. The van der Waals surface area contributed by atoms with Crippen molar-refractivity contribution in [1.29, 1.82) is 0 Å². The van der Waals surface area contributed by atoms with E-state index in [0.29, 0.717) is 13.2 Å². The average Bonchev–Trinajstić information content (AvgIpc) is 2.16. The van der Waals surface area contributed by atoms with Gasteiger partial charge in [-0.1, -0.05) is 24.8 Å². The lowest BCUT2D eigenvalue weighted by atomic mass is 10.2. The van der Waals surface area contributed by atoms with E-state index >= 15 is 0 Å². The molecule has 1 rings (SSSR count). The standard InChI is InChI=1S/C11H15NO/c1-9(7-12)8-13-11-6-4-3-5-10(11)2/h3-6H,1,7-8,12H2,2H3. The van der Waals surface area contributed by atoms with Gasteiger partial charge >= 0.3 is 0 Å². The zero-order valence-electron chi connectivity index (χ0n) is 7.92. The van der Waals surface area contributed by atoms with E-state index in [1.54, 1.807) is 0 Å². The predicted octanol–water partition coefficient (Wildman–Crippen LogP) is 1.89. The van der Waals surface area contributed by atoms with Gasteiger partial charge in [-0.2, -0.15) is 0 Å². The van der Waals surface area contributed by atoms with Crippen LogP contribution in [0.2, 0.25) is 0 Å². The summed E-state index contributed by atoms with van der Waals surface area (Å²) in [7, 11) is 0. The van der Waals surface area contributed by atoms with Crippen molar-refractivity contribution in [2.75, 3.05) is 13.2 Å². The van der Waals surface area contributed by atoms with E-state index in [-0.39, 0.29) is 0 Å². The van der Waals surface area contributed by atoms with Crippen molar-refractivity contribution in [3.8, 4) is 5.75 Å². The van der Waals surface area contributed by atoms with Crippen LogP contribution in [-0.2, 0) is 0 Å². The first-order valence-electron chi connectivity index (χ1n) is 4.29. The second-order valence-electron chi connectivity index (χ2n) is 3.01. The molecule has 0 bridgehead atoms. The molecule has 2 heteroatoms. The van der Waals surface area contributed by atoms with E-state index in [1.165, 1.54) is 0 Å². The highest BCUT2D eigenvalue weighted by Gasteiger charge is 1.97.